The Labute approximate surface area is 98.3 Å². The van der Waals surface area contributed by atoms with Gasteiger partial charge in [0.1, 0.15) is 25.8 Å². The van der Waals surface area contributed by atoms with E-state index in [4.69, 9.17) is 4.55 Å². The summed E-state index contributed by atoms with van der Waals surface area (Å²) in [6.45, 7) is -6.90. The Bertz CT molecular complexity index is 368. The first-order chi connectivity index (χ1) is 7.89. The smallest absolute Gasteiger partial charge is 0.379 e. The van der Waals surface area contributed by atoms with Crippen molar-refractivity contribution in [3.63, 3.8) is 0 Å². The Morgan fingerprint density at radius 2 is 1.28 bits per heavy atom. The van der Waals surface area contributed by atoms with Gasteiger partial charge >= 0.3 is 6.18 Å². The monoisotopic (exact) mass is 304 g/mol. The molecule has 0 aliphatic rings. The zero-order chi connectivity index (χ0) is 14.8. The van der Waals surface area contributed by atoms with Crippen LogP contribution >= 0.6 is 0 Å². The zero-order valence-electron chi connectivity index (χ0n) is 8.72. The lowest BCUT2D eigenvalue weighted by atomic mass is 9.75. The third-order valence-corrected chi connectivity index (χ3v) is 3.29. The van der Waals surface area contributed by atoms with Crippen molar-refractivity contribution in [2.75, 3.05) is 25.8 Å². The molecule has 0 radical (unpaired) electrons. The highest BCUT2D eigenvalue weighted by Crippen LogP contribution is 2.46. The number of hydrogen-bond donors (Lipinski definition) is 2. The lowest BCUT2D eigenvalue weighted by Crippen LogP contribution is -2.65. The molecule has 18 heavy (non-hydrogen) atoms. The van der Waals surface area contributed by atoms with Gasteiger partial charge in [0, 0.05) is 0 Å². The van der Waals surface area contributed by atoms with Gasteiger partial charge in [-0.25, -0.2) is 0 Å². The van der Waals surface area contributed by atoms with Gasteiger partial charge in [0.15, 0.2) is 5.60 Å². The Morgan fingerprint density at radius 3 is 1.44 bits per heavy atom. The molecule has 110 valence electrons. The van der Waals surface area contributed by atoms with E-state index in [9.17, 15) is 39.9 Å². The van der Waals surface area contributed by atoms with Gasteiger partial charge in [-0.15, -0.1) is 0 Å². The number of hydrogen-bond acceptors (Lipinski definition) is 3. The molecule has 0 heterocycles. The summed E-state index contributed by atoms with van der Waals surface area (Å²) in [6.07, 6.45) is -5.85. The molecule has 1 atom stereocenters. The summed E-state index contributed by atoms with van der Waals surface area (Å²) >= 11 is 0. The number of halogens is 6. The van der Waals surface area contributed by atoms with E-state index < -0.39 is 53.1 Å². The molecule has 1 unspecified atom stereocenters. The van der Waals surface area contributed by atoms with Gasteiger partial charge in [-0.2, -0.15) is 21.6 Å². The highest BCUT2D eigenvalue weighted by Gasteiger charge is 2.68. The Morgan fingerprint density at radius 1 is 0.944 bits per heavy atom. The van der Waals surface area contributed by atoms with Gasteiger partial charge in [0.2, 0.25) is 0 Å². The molecule has 0 aromatic rings. The standard InChI is InChI=1S/C7H10F6O4S/c8-1-5(2-9,3-10)6(14,7(11,12)13)4-18(15,16)17/h14H,1-4H2,(H,15,16,17). The fraction of sp³-hybridized carbons (Fsp3) is 1.00. The Hall–Kier alpha value is -0.550. The lowest BCUT2D eigenvalue weighted by molar-refractivity contribution is -0.300. The second-order valence-electron chi connectivity index (χ2n) is 3.77. The summed E-state index contributed by atoms with van der Waals surface area (Å²) in [7, 11) is -5.45. The Balaban J connectivity index is 5.90. The third-order valence-electron chi connectivity index (χ3n) is 2.50. The van der Waals surface area contributed by atoms with Crippen molar-refractivity contribution in [3.8, 4) is 0 Å². The predicted molar refractivity (Wildman–Crippen MR) is 47.8 cm³/mol. The van der Waals surface area contributed by atoms with Crippen molar-refractivity contribution in [3.05, 3.63) is 0 Å². The van der Waals surface area contributed by atoms with Gasteiger partial charge in [-0.05, 0) is 0 Å². The van der Waals surface area contributed by atoms with Gasteiger partial charge < -0.3 is 5.11 Å². The first kappa shape index (κ1) is 17.4. The van der Waals surface area contributed by atoms with E-state index in [1.165, 1.54) is 0 Å². The molecule has 0 bridgehead atoms. The molecule has 0 aromatic carbocycles. The maximum absolute atomic E-state index is 12.6. The molecule has 0 aliphatic heterocycles. The largest absolute Gasteiger partial charge is 0.419 e. The number of aliphatic hydroxyl groups is 1. The molecule has 2 N–H and O–H groups in total. The van der Waals surface area contributed by atoms with Crippen LogP contribution in [0.25, 0.3) is 0 Å². The highest BCUT2D eigenvalue weighted by molar-refractivity contribution is 7.85. The summed E-state index contributed by atoms with van der Waals surface area (Å²) in [5.41, 5.74) is -8.22. The maximum Gasteiger partial charge on any atom is 0.419 e. The van der Waals surface area contributed by atoms with Gasteiger partial charge in [0.05, 0.1) is 5.41 Å². The molecule has 0 spiro atoms. The second kappa shape index (κ2) is 5.21. The van der Waals surface area contributed by atoms with E-state index in [1.54, 1.807) is 0 Å². The SMILES string of the molecule is O=S(=O)(O)CC(O)(C(F)(F)F)C(CF)(CF)CF. The molecule has 0 fully saturated rings. The third kappa shape index (κ3) is 3.06. The van der Waals surface area contributed by atoms with Crippen molar-refractivity contribution in [1.82, 2.24) is 0 Å². The van der Waals surface area contributed by atoms with Crippen molar-refractivity contribution < 1.29 is 44.4 Å². The number of rotatable bonds is 6. The minimum Gasteiger partial charge on any atom is -0.379 e. The second-order valence-corrected chi connectivity index (χ2v) is 5.22. The van der Waals surface area contributed by atoms with Crippen molar-refractivity contribution in [2.45, 2.75) is 11.8 Å². The summed E-state index contributed by atoms with van der Waals surface area (Å²) < 4.78 is 104. The van der Waals surface area contributed by atoms with E-state index in [-0.39, 0.29) is 0 Å². The van der Waals surface area contributed by atoms with Crippen LogP contribution < -0.4 is 0 Å². The minimum atomic E-state index is -5.85. The molecule has 0 amide bonds. The fourth-order valence-corrected chi connectivity index (χ4v) is 2.24. The fourth-order valence-electron chi connectivity index (χ4n) is 1.24. The normalized spacial score (nSPS) is 17.6. The van der Waals surface area contributed by atoms with Crippen molar-refractivity contribution in [1.29, 1.82) is 0 Å². The van der Waals surface area contributed by atoms with E-state index in [1.807, 2.05) is 0 Å². The lowest BCUT2D eigenvalue weighted by Gasteiger charge is -2.42. The highest BCUT2D eigenvalue weighted by atomic mass is 32.2. The predicted octanol–water partition coefficient (Wildman–Crippen LogP) is 1.06. The van der Waals surface area contributed by atoms with Gasteiger partial charge in [0.25, 0.3) is 10.1 Å². The molecular weight excluding hydrogens is 294 g/mol. The van der Waals surface area contributed by atoms with Gasteiger partial charge in [-0.1, -0.05) is 0 Å². The van der Waals surface area contributed by atoms with Gasteiger partial charge in [-0.3, -0.25) is 17.7 Å². The number of alkyl halides is 6. The van der Waals surface area contributed by atoms with Crippen LogP contribution in [0.15, 0.2) is 0 Å². The summed E-state index contributed by atoms with van der Waals surface area (Å²) in [6, 6.07) is 0. The van der Waals surface area contributed by atoms with Crippen molar-refractivity contribution >= 4 is 10.1 Å². The van der Waals surface area contributed by atoms with Crippen LogP contribution in [0.5, 0.6) is 0 Å². The minimum absolute atomic E-state index is 2.30. The summed E-state index contributed by atoms with van der Waals surface area (Å²) in [4.78, 5) is 0. The van der Waals surface area contributed by atoms with E-state index in [0.29, 0.717) is 0 Å². The summed E-state index contributed by atoms with van der Waals surface area (Å²) in [5.74, 6) is -2.46. The molecule has 0 rings (SSSR count). The van der Waals surface area contributed by atoms with Crippen LogP contribution in [0.3, 0.4) is 0 Å². The molecule has 11 heteroatoms. The summed E-state index contributed by atoms with van der Waals surface area (Å²) in [5, 5.41) is 9.21. The van der Waals surface area contributed by atoms with E-state index in [0.717, 1.165) is 0 Å². The molecule has 0 aliphatic carbocycles. The first-order valence-electron chi connectivity index (χ1n) is 4.31. The van der Waals surface area contributed by atoms with Crippen LogP contribution in [0.2, 0.25) is 0 Å². The molecule has 0 aromatic heterocycles. The first-order valence-corrected chi connectivity index (χ1v) is 5.92. The van der Waals surface area contributed by atoms with Crippen LogP contribution in [-0.4, -0.2) is 55.6 Å². The Kier molecular flexibility index (Phi) is 5.05. The molecule has 4 nitrogen and oxygen atoms in total. The molecular formula is C7H10F6O4S. The van der Waals surface area contributed by atoms with Crippen LogP contribution in [0.1, 0.15) is 0 Å². The average Bonchev–Trinajstić information content (AvgIpc) is 2.16. The average molecular weight is 304 g/mol. The van der Waals surface area contributed by atoms with Crippen molar-refractivity contribution in [2.24, 2.45) is 5.41 Å². The molecule has 0 saturated heterocycles. The van der Waals surface area contributed by atoms with Crippen LogP contribution in [0.4, 0.5) is 26.3 Å². The quantitative estimate of drug-likeness (QED) is 0.568. The van der Waals surface area contributed by atoms with E-state index in [2.05, 4.69) is 0 Å². The maximum atomic E-state index is 12.6. The van der Waals surface area contributed by atoms with Crippen LogP contribution in [-0.2, 0) is 10.1 Å². The zero-order valence-corrected chi connectivity index (χ0v) is 9.53. The topological polar surface area (TPSA) is 74.6 Å². The van der Waals surface area contributed by atoms with Crippen LogP contribution in [0, 0.1) is 5.41 Å². The molecule has 0 saturated carbocycles. The van der Waals surface area contributed by atoms with E-state index >= 15 is 0 Å².